The van der Waals surface area contributed by atoms with Gasteiger partial charge < -0.3 is 4.57 Å². The predicted octanol–water partition coefficient (Wildman–Crippen LogP) is 8.25. The van der Waals surface area contributed by atoms with E-state index < -0.39 is 0 Å². The standard InChI is InChI=1S/C36H21N5/c1-2-7-23(8-3-1)40-32-11-5-4-9-24(32)29-16-21-15-22-17-30-28(18-26(22)27(21)19-34(29)40)25-10-6-13-38-35(25)41-33-12-14-37-20-31(33)39-36(30)41/h1-14,16-20H,15H2. The maximum Gasteiger partial charge on any atom is 0.147 e. The molecule has 5 nitrogen and oxygen atoms in total. The van der Waals surface area contributed by atoms with Crippen LogP contribution >= 0.6 is 0 Å². The molecular formula is C36H21N5. The number of benzene rings is 4. The minimum Gasteiger partial charge on any atom is -0.309 e. The third-order valence-electron chi connectivity index (χ3n) is 8.81. The van der Waals surface area contributed by atoms with Gasteiger partial charge in [0.15, 0.2) is 0 Å². The van der Waals surface area contributed by atoms with Gasteiger partial charge in [-0.05, 0) is 94.7 Å². The van der Waals surface area contributed by atoms with E-state index in [2.05, 4.69) is 98.9 Å². The minimum atomic E-state index is 0.881. The maximum absolute atomic E-state index is 5.04. The number of rotatable bonds is 1. The number of imidazole rings is 1. The smallest absolute Gasteiger partial charge is 0.147 e. The normalized spacial score (nSPS) is 12.8. The van der Waals surface area contributed by atoms with E-state index in [0.29, 0.717) is 0 Å². The number of fused-ring (bicyclic) bond motifs is 14. The van der Waals surface area contributed by atoms with E-state index in [0.717, 1.165) is 39.5 Å². The molecule has 0 fully saturated rings. The van der Waals surface area contributed by atoms with Crippen LogP contribution in [-0.2, 0) is 6.42 Å². The first-order chi connectivity index (χ1) is 20.3. The Labute approximate surface area is 234 Å². The van der Waals surface area contributed by atoms with Crippen LogP contribution in [0.15, 0.2) is 116 Å². The van der Waals surface area contributed by atoms with Crippen molar-refractivity contribution >= 4 is 60.3 Å². The molecule has 10 rings (SSSR count). The van der Waals surface area contributed by atoms with Gasteiger partial charge in [0.1, 0.15) is 16.8 Å². The molecule has 9 aromatic rings. The Bertz CT molecular complexity index is 2550. The number of hydrogen-bond donors (Lipinski definition) is 0. The van der Waals surface area contributed by atoms with Gasteiger partial charge in [0.2, 0.25) is 0 Å². The summed E-state index contributed by atoms with van der Waals surface area (Å²) < 4.78 is 4.59. The molecule has 5 heteroatoms. The Hall–Kier alpha value is -5.55. The van der Waals surface area contributed by atoms with E-state index in [-0.39, 0.29) is 0 Å². The van der Waals surface area contributed by atoms with Crippen molar-refractivity contribution < 1.29 is 0 Å². The van der Waals surface area contributed by atoms with Crippen LogP contribution in [0, 0.1) is 0 Å². The van der Waals surface area contributed by atoms with Crippen molar-refractivity contribution in [3.05, 3.63) is 127 Å². The molecule has 1 aliphatic carbocycles. The highest BCUT2D eigenvalue weighted by atomic mass is 15.1. The molecule has 5 aromatic heterocycles. The first-order valence-electron chi connectivity index (χ1n) is 13.9. The Morgan fingerprint density at radius 1 is 0.561 bits per heavy atom. The van der Waals surface area contributed by atoms with Gasteiger partial charge >= 0.3 is 0 Å². The quantitative estimate of drug-likeness (QED) is 0.204. The zero-order valence-electron chi connectivity index (χ0n) is 21.9. The van der Waals surface area contributed by atoms with Gasteiger partial charge in [-0.2, -0.15) is 0 Å². The van der Waals surface area contributed by atoms with Crippen molar-refractivity contribution in [1.82, 2.24) is 23.9 Å². The fraction of sp³-hybridized carbons (Fsp3) is 0.0278. The number of para-hydroxylation sites is 2. The van der Waals surface area contributed by atoms with Crippen molar-refractivity contribution in [2.45, 2.75) is 6.42 Å². The molecule has 0 N–H and O–H groups in total. The highest BCUT2D eigenvalue weighted by molar-refractivity contribution is 6.16. The van der Waals surface area contributed by atoms with Crippen LogP contribution in [0.1, 0.15) is 11.1 Å². The molecule has 0 bridgehead atoms. The second-order valence-electron chi connectivity index (χ2n) is 11.0. The van der Waals surface area contributed by atoms with Crippen LogP contribution < -0.4 is 0 Å². The zero-order chi connectivity index (χ0) is 26.7. The number of pyridine rings is 3. The molecule has 41 heavy (non-hydrogen) atoms. The van der Waals surface area contributed by atoms with Crippen LogP contribution in [0.5, 0.6) is 0 Å². The fourth-order valence-corrected chi connectivity index (χ4v) is 7.08. The lowest BCUT2D eigenvalue weighted by Gasteiger charge is -2.11. The number of nitrogens with zero attached hydrogens (tertiary/aromatic N) is 5. The molecule has 0 saturated carbocycles. The summed E-state index contributed by atoms with van der Waals surface area (Å²) in [6, 6.07) is 35.2. The van der Waals surface area contributed by atoms with Gasteiger partial charge in [0.25, 0.3) is 0 Å². The average molecular weight is 524 g/mol. The number of aromatic nitrogens is 5. The van der Waals surface area contributed by atoms with Crippen molar-refractivity contribution in [3.8, 4) is 16.8 Å². The van der Waals surface area contributed by atoms with Crippen LogP contribution in [0.2, 0.25) is 0 Å². The molecule has 1 aliphatic rings. The number of hydrogen-bond acceptors (Lipinski definition) is 3. The minimum absolute atomic E-state index is 0.881. The summed E-state index contributed by atoms with van der Waals surface area (Å²) in [5, 5.41) is 6.04. The van der Waals surface area contributed by atoms with Gasteiger partial charge in [-0.15, -0.1) is 0 Å². The summed E-state index contributed by atoms with van der Waals surface area (Å²) in [6.45, 7) is 0. The largest absolute Gasteiger partial charge is 0.309 e. The van der Waals surface area contributed by atoms with E-state index >= 15 is 0 Å². The summed E-state index contributed by atoms with van der Waals surface area (Å²) in [6.07, 6.45) is 6.43. The molecular weight excluding hydrogens is 502 g/mol. The van der Waals surface area contributed by atoms with Crippen LogP contribution in [-0.4, -0.2) is 23.9 Å². The van der Waals surface area contributed by atoms with E-state index in [1.807, 2.05) is 30.7 Å². The lowest BCUT2D eigenvalue weighted by molar-refractivity contribution is 1.18. The van der Waals surface area contributed by atoms with Gasteiger partial charge in [0, 0.05) is 39.6 Å². The Balaban J connectivity index is 1.31. The van der Waals surface area contributed by atoms with Crippen LogP contribution in [0.4, 0.5) is 0 Å². The molecule has 0 atom stereocenters. The summed E-state index contributed by atoms with van der Waals surface area (Å²) >= 11 is 0. The highest BCUT2D eigenvalue weighted by Crippen LogP contribution is 2.45. The SMILES string of the molecule is c1ccc(-n2c3ccccc3c3cc4c(cc32)-c2cc3c5cccnc5n5c6ccncc6nc5c3cc2C4)cc1. The Kier molecular flexibility index (Phi) is 3.92. The van der Waals surface area contributed by atoms with E-state index in [1.165, 1.54) is 55.1 Å². The monoisotopic (exact) mass is 523 g/mol. The molecule has 0 amide bonds. The Morgan fingerprint density at radius 3 is 2.29 bits per heavy atom. The first-order valence-corrected chi connectivity index (χ1v) is 13.9. The first kappa shape index (κ1) is 21.3. The summed E-state index contributed by atoms with van der Waals surface area (Å²) in [4.78, 5) is 14.2. The molecule has 4 aromatic carbocycles. The maximum atomic E-state index is 5.04. The predicted molar refractivity (Wildman–Crippen MR) is 166 cm³/mol. The molecule has 0 spiro atoms. The lowest BCUT2D eigenvalue weighted by atomic mass is 9.98. The Morgan fingerprint density at radius 2 is 1.37 bits per heavy atom. The fourth-order valence-electron chi connectivity index (χ4n) is 7.08. The third kappa shape index (κ3) is 2.72. The summed E-state index contributed by atoms with van der Waals surface area (Å²) in [5.41, 5.74) is 12.7. The second-order valence-corrected chi connectivity index (χ2v) is 11.0. The van der Waals surface area contributed by atoms with Gasteiger partial charge in [0.05, 0.1) is 22.7 Å². The second kappa shape index (κ2) is 7.55. The lowest BCUT2D eigenvalue weighted by Crippen LogP contribution is -1.95. The van der Waals surface area contributed by atoms with Gasteiger partial charge in [-0.25, -0.2) is 9.97 Å². The molecule has 0 saturated heterocycles. The van der Waals surface area contributed by atoms with Crippen LogP contribution in [0.25, 0.3) is 77.1 Å². The molecule has 0 radical (unpaired) electrons. The van der Waals surface area contributed by atoms with E-state index in [4.69, 9.17) is 9.97 Å². The van der Waals surface area contributed by atoms with Gasteiger partial charge in [-0.1, -0.05) is 36.4 Å². The van der Waals surface area contributed by atoms with E-state index in [1.54, 1.807) is 0 Å². The van der Waals surface area contributed by atoms with E-state index in [9.17, 15) is 0 Å². The molecule has 0 aliphatic heterocycles. The molecule has 5 heterocycles. The zero-order valence-corrected chi connectivity index (χ0v) is 21.9. The van der Waals surface area contributed by atoms with Gasteiger partial charge in [-0.3, -0.25) is 9.38 Å². The highest BCUT2D eigenvalue weighted by Gasteiger charge is 2.25. The van der Waals surface area contributed by atoms with Crippen molar-refractivity contribution in [1.29, 1.82) is 0 Å². The summed E-state index contributed by atoms with van der Waals surface area (Å²) in [5.74, 6) is 0. The molecule has 190 valence electrons. The van der Waals surface area contributed by atoms with Crippen molar-refractivity contribution in [2.75, 3.05) is 0 Å². The third-order valence-corrected chi connectivity index (χ3v) is 8.81. The van der Waals surface area contributed by atoms with Crippen molar-refractivity contribution in [3.63, 3.8) is 0 Å². The van der Waals surface area contributed by atoms with Crippen molar-refractivity contribution in [2.24, 2.45) is 0 Å². The summed E-state index contributed by atoms with van der Waals surface area (Å²) in [7, 11) is 0. The van der Waals surface area contributed by atoms with Crippen LogP contribution in [0.3, 0.4) is 0 Å². The topological polar surface area (TPSA) is 48.0 Å². The average Bonchev–Trinajstić information content (AvgIpc) is 3.69. The molecule has 0 unspecified atom stereocenters.